The number of carbonyl (C=O) groups excluding carboxylic acids is 1. The maximum absolute atomic E-state index is 11.9. The van der Waals surface area contributed by atoms with E-state index in [-0.39, 0.29) is 18.3 Å². The van der Waals surface area contributed by atoms with Gasteiger partial charge in [0.2, 0.25) is 0 Å². The third kappa shape index (κ3) is 3.16. The molecule has 18 heavy (non-hydrogen) atoms. The number of carbonyl (C=O) groups is 1. The number of nitrogen functional groups attached to an aromatic ring is 1. The predicted octanol–water partition coefficient (Wildman–Crippen LogP) is 2.86. The molecule has 100 valence electrons. The summed E-state index contributed by atoms with van der Waals surface area (Å²) in [5.74, 6) is 0.631. The van der Waals surface area contributed by atoms with Crippen LogP contribution in [0.2, 0.25) is 0 Å². The molecule has 1 fully saturated rings. The molecule has 1 amide bonds. The monoisotopic (exact) mass is 268 g/mol. The molecule has 0 saturated heterocycles. The van der Waals surface area contributed by atoms with E-state index in [1.54, 1.807) is 24.3 Å². The number of benzene rings is 1. The minimum absolute atomic E-state index is 0. The summed E-state index contributed by atoms with van der Waals surface area (Å²) in [6, 6.07) is 7.04. The predicted molar refractivity (Wildman–Crippen MR) is 76.9 cm³/mol. The standard InChI is InChI=1S/C14H20N2O.ClH/c1-10(2)14(7-8-14)9-16-13(17)11-3-5-12(15)6-4-11;/h3-6,10H,7-9,15H2,1-2H3,(H,16,17);1H. The van der Waals surface area contributed by atoms with Gasteiger partial charge in [-0.1, -0.05) is 13.8 Å². The Balaban J connectivity index is 0.00000162. The number of amides is 1. The highest BCUT2D eigenvalue weighted by Crippen LogP contribution is 2.51. The first kappa shape index (κ1) is 14.8. The van der Waals surface area contributed by atoms with Crippen LogP contribution in [-0.2, 0) is 0 Å². The Morgan fingerprint density at radius 3 is 2.33 bits per heavy atom. The number of nitrogens with one attached hydrogen (secondary N) is 1. The minimum atomic E-state index is -0.00285. The van der Waals surface area contributed by atoms with Gasteiger partial charge in [-0.05, 0) is 48.4 Å². The van der Waals surface area contributed by atoms with Gasteiger partial charge in [-0.25, -0.2) is 0 Å². The molecule has 0 bridgehead atoms. The Hall–Kier alpha value is -1.22. The maximum atomic E-state index is 11.9. The SMILES string of the molecule is CC(C)C1(CNC(=O)c2ccc(N)cc2)CC1.Cl. The average Bonchev–Trinajstić information content (AvgIpc) is 3.08. The number of halogens is 1. The molecule has 2 rings (SSSR count). The molecule has 0 spiro atoms. The summed E-state index contributed by atoms with van der Waals surface area (Å²) in [5, 5.41) is 3.02. The lowest BCUT2D eigenvalue weighted by Gasteiger charge is -2.20. The van der Waals surface area contributed by atoms with E-state index in [0.29, 0.717) is 22.6 Å². The first-order valence-corrected chi connectivity index (χ1v) is 6.17. The summed E-state index contributed by atoms with van der Waals surface area (Å²) in [6.07, 6.45) is 2.46. The molecular formula is C14H21ClN2O. The van der Waals surface area contributed by atoms with Crippen molar-refractivity contribution in [3.8, 4) is 0 Å². The highest BCUT2D eigenvalue weighted by Gasteiger charge is 2.45. The largest absolute Gasteiger partial charge is 0.399 e. The third-order valence-electron chi connectivity index (χ3n) is 3.89. The molecule has 3 N–H and O–H groups in total. The van der Waals surface area contributed by atoms with Gasteiger partial charge in [0.15, 0.2) is 0 Å². The zero-order valence-electron chi connectivity index (χ0n) is 10.9. The van der Waals surface area contributed by atoms with Crippen LogP contribution in [0, 0.1) is 11.3 Å². The van der Waals surface area contributed by atoms with E-state index < -0.39 is 0 Å². The topological polar surface area (TPSA) is 55.1 Å². The van der Waals surface area contributed by atoms with Gasteiger partial charge in [-0.2, -0.15) is 0 Å². The molecule has 0 heterocycles. The fraction of sp³-hybridized carbons (Fsp3) is 0.500. The van der Waals surface area contributed by atoms with Crippen LogP contribution in [-0.4, -0.2) is 12.5 Å². The van der Waals surface area contributed by atoms with Crippen molar-refractivity contribution < 1.29 is 4.79 Å². The van der Waals surface area contributed by atoms with E-state index in [1.807, 2.05) is 0 Å². The minimum Gasteiger partial charge on any atom is -0.399 e. The first-order valence-electron chi connectivity index (χ1n) is 6.17. The second-order valence-electron chi connectivity index (χ2n) is 5.32. The van der Waals surface area contributed by atoms with Crippen LogP contribution in [0.15, 0.2) is 24.3 Å². The Labute approximate surface area is 115 Å². The molecule has 0 aliphatic heterocycles. The molecular weight excluding hydrogens is 248 g/mol. The smallest absolute Gasteiger partial charge is 0.251 e. The zero-order chi connectivity index (χ0) is 12.5. The molecule has 0 atom stereocenters. The number of nitrogens with two attached hydrogens (primary N) is 1. The Morgan fingerprint density at radius 1 is 1.33 bits per heavy atom. The Morgan fingerprint density at radius 2 is 1.89 bits per heavy atom. The van der Waals surface area contributed by atoms with Gasteiger partial charge >= 0.3 is 0 Å². The van der Waals surface area contributed by atoms with Crippen LogP contribution in [0.1, 0.15) is 37.0 Å². The molecule has 3 nitrogen and oxygen atoms in total. The fourth-order valence-corrected chi connectivity index (χ4v) is 2.11. The summed E-state index contributed by atoms with van der Waals surface area (Å²) in [5.41, 5.74) is 7.30. The quantitative estimate of drug-likeness (QED) is 0.825. The molecule has 4 heteroatoms. The fourth-order valence-electron chi connectivity index (χ4n) is 2.11. The van der Waals surface area contributed by atoms with Gasteiger partial charge in [0.25, 0.3) is 5.91 Å². The number of hydrogen-bond donors (Lipinski definition) is 2. The average molecular weight is 269 g/mol. The summed E-state index contributed by atoms with van der Waals surface area (Å²) < 4.78 is 0. The van der Waals surface area contributed by atoms with Gasteiger partial charge in [0, 0.05) is 17.8 Å². The molecule has 0 radical (unpaired) electrons. The Bertz CT molecular complexity index is 410. The molecule has 1 aliphatic carbocycles. The van der Waals surface area contributed by atoms with E-state index in [9.17, 15) is 4.79 Å². The van der Waals surface area contributed by atoms with Crippen LogP contribution in [0.5, 0.6) is 0 Å². The molecule has 0 aromatic heterocycles. The van der Waals surface area contributed by atoms with E-state index in [1.165, 1.54) is 12.8 Å². The second-order valence-corrected chi connectivity index (χ2v) is 5.32. The van der Waals surface area contributed by atoms with Crippen molar-refractivity contribution in [3.63, 3.8) is 0 Å². The first-order chi connectivity index (χ1) is 8.03. The van der Waals surface area contributed by atoms with Gasteiger partial charge in [-0.15, -0.1) is 12.4 Å². The zero-order valence-corrected chi connectivity index (χ0v) is 11.7. The Kier molecular flexibility index (Phi) is 4.63. The van der Waals surface area contributed by atoms with Gasteiger partial charge in [-0.3, -0.25) is 4.79 Å². The van der Waals surface area contributed by atoms with Crippen molar-refractivity contribution in [3.05, 3.63) is 29.8 Å². The lowest BCUT2D eigenvalue weighted by Crippen LogP contribution is -2.32. The van der Waals surface area contributed by atoms with Crippen molar-refractivity contribution in [2.75, 3.05) is 12.3 Å². The summed E-state index contributed by atoms with van der Waals surface area (Å²) in [6.45, 7) is 5.23. The maximum Gasteiger partial charge on any atom is 0.251 e. The molecule has 1 aromatic carbocycles. The molecule has 1 aliphatic rings. The van der Waals surface area contributed by atoms with Gasteiger partial charge in [0.05, 0.1) is 0 Å². The van der Waals surface area contributed by atoms with E-state index in [0.717, 1.165) is 6.54 Å². The second kappa shape index (κ2) is 5.61. The van der Waals surface area contributed by atoms with Crippen LogP contribution >= 0.6 is 12.4 Å². The van der Waals surface area contributed by atoms with E-state index >= 15 is 0 Å². The molecule has 1 aromatic rings. The van der Waals surface area contributed by atoms with E-state index in [2.05, 4.69) is 19.2 Å². The van der Waals surface area contributed by atoms with E-state index in [4.69, 9.17) is 5.73 Å². The highest BCUT2D eigenvalue weighted by atomic mass is 35.5. The highest BCUT2D eigenvalue weighted by molar-refractivity contribution is 5.94. The van der Waals surface area contributed by atoms with Crippen LogP contribution < -0.4 is 11.1 Å². The van der Waals surface area contributed by atoms with Crippen LogP contribution in [0.25, 0.3) is 0 Å². The van der Waals surface area contributed by atoms with Crippen molar-refractivity contribution in [1.29, 1.82) is 0 Å². The number of hydrogen-bond acceptors (Lipinski definition) is 2. The van der Waals surface area contributed by atoms with Crippen molar-refractivity contribution in [2.24, 2.45) is 11.3 Å². The normalized spacial score (nSPS) is 15.9. The molecule has 0 unspecified atom stereocenters. The van der Waals surface area contributed by atoms with Crippen molar-refractivity contribution in [2.45, 2.75) is 26.7 Å². The summed E-state index contributed by atoms with van der Waals surface area (Å²) >= 11 is 0. The summed E-state index contributed by atoms with van der Waals surface area (Å²) in [7, 11) is 0. The molecule has 1 saturated carbocycles. The van der Waals surface area contributed by atoms with Crippen LogP contribution in [0.4, 0.5) is 5.69 Å². The number of anilines is 1. The lowest BCUT2D eigenvalue weighted by molar-refractivity contribution is 0.0940. The van der Waals surface area contributed by atoms with Crippen molar-refractivity contribution in [1.82, 2.24) is 5.32 Å². The number of rotatable bonds is 4. The van der Waals surface area contributed by atoms with Crippen LogP contribution in [0.3, 0.4) is 0 Å². The van der Waals surface area contributed by atoms with Gasteiger partial charge in [0.1, 0.15) is 0 Å². The third-order valence-corrected chi connectivity index (χ3v) is 3.89. The van der Waals surface area contributed by atoms with Gasteiger partial charge < -0.3 is 11.1 Å². The van der Waals surface area contributed by atoms with Crippen molar-refractivity contribution >= 4 is 24.0 Å². The lowest BCUT2D eigenvalue weighted by atomic mass is 9.92. The summed E-state index contributed by atoms with van der Waals surface area (Å²) in [4.78, 5) is 11.9.